The van der Waals surface area contributed by atoms with Crippen molar-refractivity contribution in [1.82, 2.24) is 9.80 Å². The number of carbonyl (C=O) groups excluding carboxylic acids is 1. The van der Waals surface area contributed by atoms with Gasteiger partial charge in [0.25, 0.3) is 0 Å². The van der Waals surface area contributed by atoms with Gasteiger partial charge in [-0.3, -0.25) is 9.69 Å². The van der Waals surface area contributed by atoms with Crippen molar-refractivity contribution in [3.8, 4) is 0 Å². The quantitative estimate of drug-likeness (QED) is 0.824. The highest BCUT2D eigenvalue weighted by molar-refractivity contribution is 7.91. The Hall–Kier alpha value is -1.40. The molecule has 1 aromatic carbocycles. The maximum absolute atomic E-state index is 12.4. The van der Waals surface area contributed by atoms with E-state index in [-0.39, 0.29) is 23.5 Å². The average Bonchev–Trinajstić information content (AvgIpc) is 2.41. The van der Waals surface area contributed by atoms with E-state index >= 15 is 0 Å². The number of carbonyl (C=O) groups is 1. The zero-order chi connectivity index (χ0) is 14.9. The van der Waals surface area contributed by atoms with Gasteiger partial charge in [-0.1, -0.05) is 30.3 Å². The molecule has 3 rings (SSSR count). The molecule has 0 bridgehead atoms. The minimum Gasteiger partial charge on any atom is -0.334 e. The van der Waals surface area contributed by atoms with Gasteiger partial charge >= 0.3 is 0 Å². The maximum atomic E-state index is 12.4. The van der Waals surface area contributed by atoms with E-state index in [9.17, 15) is 13.2 Å². The molecule has 0 radical (unpaired) electrons. The molecular weight excluding hydrogens is 288 g/mol. The molecule has 1 aromatic rings. The highest BCUT2D eigenvalue weighted by Gasteiger charge is 2.34. The molecule has 1 atom stereocenters. The molecule has 0 spiro atoms. The van der Waals surface area contributed by atoms with Crippen LogP contribution < -0.4 is 0 Å². The molecule has 5 nitrogen and oxygen atoms in total. The lowest BCUT2D eigenvalue weighted by Gasteiger charge is -2.42. The zero-order valence-electron chi connectivity index (χ0n) is 11.9. The first-order valence-corrected chi connectivity index (χ1v) is 9.14. The van der Waals surface area contributed by atoms with Crippen molar-refractivity contribution in [2.45, 2.75) is 12.5 Å². The fourth-order valence-electron chi connectivity index (χ4n) is 2.90. The van der Waals surface area contributed by atoms with Gasteiger partial charge in [-0.2, -0.15) is 0 Å². The van der Waals surface area contributed by atoms with E-state index in [4.69, 9.17) is 0 Å². The van der Waals surface area contributed by atoms with E-state index in [1.807, 2.05) is 28.0 Å². The van der Waals surface area contributed by atoms with Crippen LogP contribution in [0.2, 0.25) is 0 Å². The number of likely N-dealkylation sites (tertiary alicyclic amines) is 1. The number of rotatable bonds is 3. The molecule has 0 saturated carbocycles. The fourth-order valence-corrected chi connectivity index (χ4v) is 4.17. The zero-order valence-corrected chi connectivity index (χ0v) is 12.8. The third kappa shape index (κ3) is 3.27. The van der Waals surface area contributed by atoms with E-state index in [1.165, 1.54) is 5.56 Å². The largest absolute Gasteiger partial charge is 0.334 e. The van der Waals surface area contributed by atoms with Gasteiger partial charge < -0.3 is 4.90 Å². The monoisotopic (exact) mass is 308 g/mol. The van der Waals surface area contributed by atoms with Crippen LogP contribution in [0.25, 0.3) is 0 Å². The van der Waals surface area contributed by atoms with Crippen molar-refractivity contribution in [3.63, 3.8) is 0 Å². The van der Waals surface area contributed by atoms with Crippen molar-refractivity contribution in [1.29, 1.82) is 0 Å². The average molecular weight is 308 g/mol. The standard InChI is InChI=1S/C15H20N2O3S/c18-15(12-16-8-10-21(19,20)11-9-16)17-7-6-14(17)13-4-2-1-3-5-13/h1-5,14H,6-12H2/t14-/m0/s1. The summed E-state index contributed by atoms with van der Waals surface area (Å²) in [5, 5.41) is 0. The Kier molecular flexibility index (Phi) is 3.99. The molecule has 2 saturated heterocycles. The second kappa shape index (κ2) is 5.77. The number of nitrogens with zero attached hydrogens (tertiary/aromatic N) is 2. The molecule has 2 fully saturated rings. The molecule has 0 N–H and O–H groups in total. The first-order valence-electron chi connectivity index (χ1n) is 7.32. The van der Waals surface area contributed by atoms with Gasteiger partial charge in [-0.15, -0.1) is 0 Å². The Morgan fingerprint density at radius 1 is 1.10 bits per heavy atom. The van der Waals surface area contributed by atoms with Crippen molar-refractivity contribution < 1.29 is 13.2 Å². The predicted octanol–water partition coefficient (Wildman–Crippen LogP) is 0.690. The molecule has 2 aliphatic rings. The van der Waals surface area contributed by atoms with E-state index < -0.39 is 9.84 Å². The smallest absolute Gasteiger partial charge is 0.237 e. The molecule has 0 aliphatic carbocycles. The number of hydrogen-bond acceptors (Lipinski definition) is 4. The van der Waals surface area contributed by atoms with Crippen LogP contribution in [0.4, 0.5) is 0 Å². The van der Waals surface area contributed by atoms with Crippen molar-refractivity contribution >= 4 is 15.7 Å². The summed E-state index contributed by atoms with van der Waals surface area (Å²) in [6, 6.07) is 10.3. The fraction of sp³-hybridized carbons (Fsp3) is 0.533. The van der Waals surface area contributed by atoms with E-state index in [1.54, 1.807) is 0 Å². The molecule has 2 heterocycles. The second-order valence-electron chi connectivity index (χ2n) is 5.73. The van der Waals surface area contributed by atoms with E-state index in [0.717, 1.165) is 13.0 Å². The molecule has 0 aromatic heterocycles. The summed E-state index contributed by atoms with van der Waals surface area (Å²) in [4.78, 5) is 16.2. The number of benzene rings is 1. The van der Waals surface area contributed by atoms with Gasteiger partial charge in [-0.05, 0) is 12.0 Å². The van der Waals surface area contributed by atoms with Crippen LogP contribution in [0.3, 0.4) is 0 Å². The van der Waals surface area contributed by atoms with Gasteiger partial charge in [-0.25, -0.2) is 8.42 Å². The summed E-state index contributed by atoms with van der Waals surface area (Å²) < 4.78 is 22.8. The first-order chi connectivity index (χ1) is 10.1. The lowest BCUT2D eigenvalue weighted by atomic mass is 9.94. The Bertz CT molecular complexity index is 601. The first kappa shape index (κ1) is 14.5. The number of amides is 1. The van der Waals surface area contributed by atoms with Crippen molar-refractivity contribution in [2.24, 2.45) is 0 Å². The highest BCUT2D eigenvalue weighted by Crippen LogP contribution is 2.33. The third-order valence-electron chi connectivity index (χ3n) is 4.32. The number of sulfone groups is 1. The van der Waals surface area contributed by atoms with Crippen LogP contribution in [0, 0.1) is 0 Å². The summed E-state index contributed by atoms with van der Waals surface area (Å²) >= 11 is 0. The Labute approximate surface area is 125 Å². The molecular formula is C15H20N2O3S. The number of hydrogen-bond donors (Lipinski definition) is 0. The molecule has 114 valence electrons. The third-order valence-corrected chi connectivity index (χ3v) is 5.93. The predicted molar refractivity (Wildman–Crippen MR) is 80.6 cm³/mol. The molecule has 21 heavy (non-hydrogen) atoms. The lowest BCUT2D eigenvalue weighted by molar-refractivity contribution is -0.140. The van der Waals surface area contributed by atoms with Crippen LogP contribution in [-0.2, 0) is 14.6 Å². The topological polar surface area (TPSA) is 57.7 Å². The van der Waals surface area contributed by atoms with Crippen LogP contribution in [-0.4, -0.2) is 61.8 Å². The Morgan fingerprint density at radius 2 is 1.76 bits per heavy atom. The van der Waals surface area contributed by atoms with Crippen LogP contribution >= 0.6 is 0 Å². The van der Waals surface area contributed by atoms with Crippen molar-refractivity contribution in [2.75, 3.05) is 37.7 Å². The molecule has 1 amide bonds. The van der Waals surface area contributed by atoms with Crippen LogP contribution in [0.5, 0.6) is 0 Å². The Morgan fingerprint density at radius 3 is 2.33 bits per heavy atom. The molecule has 0 unspecified atom stereocenters. The lowest BCUT2D eigenvalue weighted by Crippen LogP contribution is -2.51. The summed E-state index contributed by atoms with van der Waals surface area (Å²) in [6.45, 7) is 2.07. The summed E-state index contributed by atoms with van der Waals surface area (Å²) in [6.07, 6.45) is 1.00. The highest BCUT2D eigenvalue weighted by atomic mass is 32.2. The summed E-state index contributed by atoms with van der Waals surface area (Å²) in [7, 11) is -2.88. The van der Waals surface area contributed by atoms with Gasteiger partial charge in [0, 0.05) is 19.6 Å². The van der Waals surface area contributed by atoms with E-state index in [2.05, 4.69) is 12.1 Å². The molecule has 6 heteroatoms. The molecule has 2 aliphatic heterocycles. The minimum absolute atomic E-state index is 0.106. The Balaban J connectivity index is 1.57. The van der Waals surface area contributed by atoms with Gasteiger partial charge in [0.1, 0.15) is 0 Å². The summed E-state index contributed by atoms with van der Waals surface area (Å²) in [5.74, 6) is 0.444. The maximum Gasteiger partial charge on any atom is 0.237 e. The normalized spacial score (nSPS) is 25.3. The van der Waals surface area contributed by atoms with E-state index in [0.29, 0.717) is 19.6 Å². The minimum atomic E-state index is -2.88. The van der Waals surface area contributed by atoms with Gasteiger partial charge in [0.15, 0.2) is 9.84 Å². The van der Waals surface area contributed by atoms with Crippen LogP contribution in [0.15, 0.2) is 30.3 Å². The summed E-state index contributed by atoms with van der Waals surface area (Å²) in [5.41, 5.74) is 1.18. The SMILES string of the molecule is O=C(CN1CCS(=O)(=O)CC1)N1CC[C@H]1c1ccccc1. The van der Waals surface area contributed by atoms with Gasteiger partial charge in [0.2, 0.25) is 5.91 Å². The van der Waals surface area contributed by atoms with Gasteiger partial charge in [0.05, 0.1) is 24.1 Å². The second-order valence-corrected chi connectivity index (χ2v) is 8.03. The van der Waals surface area contributed by atoms with Crippen LogP contribution in [0.1, 0.15) is 18.0 Å². The van der Waals surface area contributed by atoms with Crippen molar-refractivity contribution in [3.05, 3.63) is 35.9 Å².